The molecular weight excluding hydrogens is 446 g/mol. The predicted molar refractivity (Wildman–Crippen MR) is 77.7 cm³/mol. The lowest BCUT2D eigenvalue weighted by Gasteiger charge is -1.99. The van der Waals surface area contributed by atoms with E-state index in [1.54, 1.807) is 17.1 Å². The molecule has 0 unspecified atom stereocenters. The third-order valence-electron chi connectivity index (χ3n) is 2.09. The highest BCUT2D eigenvalue weighted by Gasteiger charge is 2.09. The third-order valence-corrected chi connectivity index (χ3v) is 3.25. The van der Waals surface area contributed by atoms with E-state index < -0.39 is 0 Å². The molecule has 3 rings (SSSR count). The quantitative estimate of drug-likeness (QED) is 0.418. The van der Waals surface area contributed by atoms with Crippen LogP contribution in [0.25, 0.3) is 17.0 Å². The van der Waals surface area contributed by atoms with E-state index in [-0.39, 0.29) is 0 Å². The van der Waals surface area contributed by atoms with Gasteiger partial charge in [0.25, 0.3) is 0 Å². The Hall–Kier alpha value is -0.910. The van der Waals surface area contributed by atoms with E-state index in [4.69, 9.17) is 0 Å². The van der Waals surface area contributed by atoms with Crippen LogP contribution in [-0.4, -0.2) is 29.9 Å². The number of fused-ring (bicyclic) bond motifs is 1. The van der Waals surface area contributed by atoms with Gasteiger partial charge in [-0.1, -0.05) is 5.21 Å². The minimum absolute atomic E-state index is 0.657. The lowest BCUT2D eigenvalue weighted by atomic mass is 10.4. The standard InChI is InChI=1S/C9H4I2N6/c10-5-1-2-7(12-3-5)17-8-6(15-16-17)4-13-9(11)14-8/h1-4H. The molecule has 3 heterocycles. The monoisotopic (exact) mass is 450 g/mol. The highest BCUT2D eigenvalue weighted by Crippen LogP contribution is 2.13. The molecule has 0 saturated carbocycles. The summed E-state index contributed by atoms with van der Waals surface area (Å²) in [5, 5.41) is 8.03. The van der Waals surface area contributed by atoms with Crippen LogP contribution in [0.4, 0.5) is 0 Å². The molecule has 0 N–H and O–H groups in total. The normalized spacial score (nSPS) is 10.9. The highest BCUT2D eigenvalue weighted by molar-refractivity contribution is 14.1. The van der Waals surface area contributed by atoms with Crippen molar-refractivity contribution < 1.29 is 0 Å². The summed E-state index contributed by atoms with van der Waals surface area (Å²) in [7, 11) is 0. The summed E-state index contributed by atoms with van der Waals surface area (Å²) >= 11 is 4.26. The summed E-state index contributed by atoms with van der Waals surface area (Å²) in [5.41, 5.74) is 1.32. The Morgan fingerprint density at radius 2 is 1.94 bits per heavy atom. The van der Waals surface area contributed by atoms with E-state index in [2.05, 4.69) is 70.4 Å². The summed E-state index contributed by atoms with van der Waals surface area (Å²) in [6.45, 7) is 0. The van der Waals surface area contributed by atoms with Gasteiger partial charge in [-0.2, -0.15) is 4.68 Å². The van der Waals surface area contributed by atoms with Gasteiger partial charge < -0.3 is 0 Å². The Kier molecular flexibility index (Phi) is 2.90. The molecule has 0 bridgehead atoms. The maximum atomic E-state index is 4.31. The van der Waals surface area contributed by atoms with Crippen LogP contribution in [0.3, 0.4) is 0 Å². The van der Waals surface area contributed by atoms with Gasteiger partial charge in [-0.25, -0.2) is 15.0 Å². The van der Waals surface area contributed by atoms with Crippen LogP contribution >= 0.6 is 45.2 Å². The number of halogens is 2. The minimum atomic E-state index is 0.657. The first-order valence-electron chi connectivity index (χ1n) is 4.60. The molecule has 0 saturated heterocycles. The number of nitrogens with zero attached hydrogens (tertiary/aromatic N) is 6. The molecule has 17 heavy (non-hydrogen) atoms. The van der Waals surface area contributed by atoms with Gasteiger partial charge in [0.1, 0.15) is 0 Å². The number of hydrogen-bond acceptors (Lipinski definition) is 5. The van der Waals surface area contributed by atoms with Crippen molar-refractivity contribution in [2.75, 3.05) is 0 Å². The molecule has 6 nitrogen and oxygen atoms in total. The molecular formula is C9H4I2N6. The van der Waals surface area contributed by atoms with Crippen LogP contribution in [0.1, 0.15) is 0 Å². The predicted octanol–water partition coefficient (Wildman–Crippen LogP) is 1.81. The van der Waals surface area contributed by atoms with Crippen LogP contribution in [0, 0.1) is 7.40 Å². The molecule has 0 aliphatic heterocycles. The van der Waals surface area contributed by atoms with Crippen molar-refractivity contribution in [1.82, 2.24) is 29.9 Å². The second kappa shape index (κ2) is 4.40. The molecule has 8 heteroatoms. The van der Waals surface area contributed by atoms with Gasteiger partial charge in [-0.3, -0.25) is 0 Å². The lowest BCUT2D eigenvalue weighted by molar-refractivity contribution is 0.793. The van der Waals surface area contributed by atoms with Gasteiger partial charge in [-0.05, 0) is 34.7 Å². The van der Waals surface area contributed by atoms with Crippen molar-refractivity contribution in [3.63, 3.8) is 0 Å². The third kappa shape index (κ3) is 2.10. The van der Waals surface area contributed by atoms with E-state index >= 15 is 0 Å². The summed E-state index contributed by atoms with van der Waals surface area (Å²) in [5.74, 6) is 0.697. The van der Waals surface area contributed by atoms with Crippen molar-refractivity contribution in [3.05, 3.63) is 31.9 Å². The molecule has 3 aromatic rings. The van der Waals surface area contributed by atoms with Crippen LogP contribution in [0.2, 0.25) is 0 Å². The summed E-state index contributed by atoms with van der Waals surface area (Å²) in [4.78, 5) is 12.7. The lowest BCUT2D eigenvalue weighted by Crippen LogP contribution is -2.01. The zero-order valence-electron chi connectivity index (χ0n) is 8.25. The van der Waals surface area contributed by atoms with Crippen LogP contribution in [0.15, 0.2) is 24.5 Å². The first-order valence-corrected chi connectivity index (χ1v) is 6.76. The van der Waals surface area contributed by atoms with E-state index in [1.165, 1.54) is 0 Å². The molecule has 0 aliphatic carbocycles. The maximum absolute atomic E-state index is 4.31. The fraction of sp³-hybridized carbons (Fsp3) is 0. The molecule has 0 fully saturated rings. The van der Waals surface area contributed by atoms with Gasteiger partial charge in [0.2, 0.25) is 0 Å². The molecule has 0 aliphatic rings. The Balaban J connectivity index is 2.23. The summed E-state index contributed by atoms with van der Waals surface area (Å²) in [6, 6.07) is 3.84. The van der Waals surface area contributed by atoms with E-state index in [9.17, 15) is 0 Å². The molecule has 0 amide bonds. The molecule has 0 spiro atoms. The van der Waals surface area contributed by atoms with Crippen molar-refractivity contribution in [3.8, 4) is 5.82 Å². The number of aromatic nitrogens is 6. The van der Waals surface area contributed by atoms with Crippen molar-refractivity contribution in [1.29, 1.82) is 0 Å². The zero-order chi connectivity index (χ0) is 11.8. The number of pyridine rings is 1. The molecule has 0 atom stereocenters. The Labute approximate surface area is 123 Å². The second-order valence-electron chi connectivity index (χ2n) is 3.18. The average Bonchev–Trinajstić information content (AvgIpc) is 2.73. The fourth-order valence-electron chi connectivity index (χ4n) is 1.35. The first kappa shape index (κ1) is 11.2. The molecule has 3 aromatic heterocycles. The molecule has 0 aromatic carbocycles. The van der Waals surface area contributed by atoms with Gasteiger partial charge in [0, 0.05) is 32.4 Å². The first-order chi connectivity index (χ1) is 8.24. The smallest absolute Gasteiger partial charge is 0.192 e. The summed E-state index contributed by atoms with van der Waals surface area (Å²) in [6.07, 6.45) is 3.43. The van der Waals surface area contributed by atoms with Gasteiger partial charge in [-0.15, -0.1) is 5.10 Å². The Morgan fingerprint density at radius 3 is 2.71 bits per heavy atom. The van der Waals surface area contributed by atoms with Gasteiger partial charge >= 0.3 is 0 Å². The topological polar surface area (TPSA) is 69.4 Å². The van der Waals surface area contributed by atoms with Crippen LogP contribution < -0.4 is 0 Å². The second-order valence-corrected chi connectivity index (χ2v) is 5.39. The van der Waals surface area contributed by atoms with Gasteiger partial charge in [0.05, 0.1) is 6.20 Å². The van der Waals surface area contributed by atoms with Gasteiger partial charge in [0.15, 0.2) is 20.8 Å². The van der Waals surface area contributed by atoms with E-state index in [0.717, 1.165) is 3.57 Å². The van der Waals surface area contributed by atoms with E-state index in [1.807, 2.05) is 12.1 Å². The highest BCUT2D eigenvalue weighted by atomic mass is 127. The molecule has 0 radical (unpaired) electrons. The number of hydrogen-bond donors (Lipinski definition) is 0. The Bertz CT molecular complexity index is 678. The zero-order valence-corrected chi connectivity index (χ0v) is 12.6. The Morgan fingerprint density at radius 1 is 1.06 bits per heavy atom. The minimum Gasteiger partial charge on any atom is -0.236 e. The number of rotatable bonds is 1. The molecule has 84 valence electrons. The fourth-order valence-corrected chi connectivity index (χ4v) is 2.04. The maximum Gasteiger partial charge on any atom is 0.192 e. The van der Waals surface area contributed by atoms with Crippen molar-refractivity contribution in [2.45, 2.75) is 0 Å². The van der Waals surface area contributed by atoms with Crippen LogP contribution in [-0.2, 0) is 0 Å². The largest absolute Gasteiger partial charge is 0.236 e. The average molecular weight is 450 g/mol. The SMILES string of the molecule is Ic1ccc(-n2nnc3cnc(I)nc32)nc1. The van der Waals surface area contributed by atoms with E-state index in [0.29, 0.717) is 20.8 Å². The summed E-state index contributed by atoms with van der Waals surface area (Å²) < 4.78 is 3.33. The van der Waals surface area contributed by atoms with Crippen LogP contribution in [0.5, 0.6) is 0 Å². The van der Waals surface area contributed by atoms with Crippen molar-refractivity contribution >= 4 is 56.3 Å². The van der Waals surface area contributed by atoms with Crippen molar-refractivity contribution in [2.24, 2.45) is 0 Å².